The third-order valence-electron chi connectivity index (χ3n) is 12.6. The van der Waals surface area contributed by atoms with Gasteiger partial charge in [-0.2, -0.15) is 10.2 Å². The van der Waals surface area contributed by atoms with Gasteiger partial charge >= 0.3 is 0 Å². The number of phenols is 4. The number of aromatic nitrogens is 4. The van der Waals surface area contributed by atoms with Gasteiger partial charge in [0.2, 0.25) is 11.8 Å². The number of benzene rings is 4. The number of fused-ring (bicyclic) bond motifs is 2. The van der Waals surface area contributed by atoms with Crippen LogP contribution in [0, 0.1) is 0 Å². The summed E-state index contributed by atoms with van der Waals surface area (Å²) in [6.07, 6.45) is 0.305. The van der Waals surface area contributed by atoms with E-state index < -0.39 is 99.8 Å². The Kier molecular flexibility index (Phi) is 14.9. The number of carbonyl (C=O) groups is 4. The van der Waals surface area contributed by atoms with Crippen molar-refractivity contribution in [2.24, 2.45) is 10.2 Å². The Balaban J connectivity index is 1.29. The predicted molar refractivity (Wildman–Crippen MR) is 285 cm³/mol. The summed E-state index contributed by atoms with van der Waals surface area (Å²) in [7, 11) is -5.66. The molecule has 2 aromatic heterocycles. The highest BCUT2D eigenvalue weighted by atomic mass is 32.2. The van der Waals surface area contributed by atoms with E-state index in [1.165, 1.54) is 101 Å². The van der Waals surface area contributed by atoms with Gasteiger partial charge in [0.1, 0.15) is 0 Å². The maximum Gasteiger partial charge on any atom is 0.263 e. The minimum absolute atomic E-state index is 0.0127. The summed E-state index contributed by atoms with van der Waals surface area (Å²) in [5.41, 5.74) is 2.36. The minimum Gasteiger partial charge on any atom is -0.504 e. The molecule has 0 unspecified atom stereocenters. The number of anilines is 4. The maximum absolute atomic E-state index is 15.4. The van der Waals surface area contributed by atoms with Crippen molar-refractivity contribution >= 4 is 78.6 Å². The molecule has 26 heteroatoms. The van der Waals surface area contributed by atoms with Crippen LogP contribution < -0.4 is 29.8 Å². The minimum atomic E-state index is -4.20. The summed E-state index contributed by atoms with van der Waals surface area (Å²) in [6, 6.07) is 16.0. The molecule has 0 saturated heterocycles. The standard InChI is InChI=1S/C52H48N10O14S2/c1-23(2)37-43-41(31(21-63)47(65)51(37)69)49(67)39(25(5)45(43)59-53-27-9-13-29(14-10-27)77(71,72)61-33-17-19-35(75-7)57-55-33)40-26(6)46(44-38(24(3)4)52(70)48(66)32(22-64)42(44)50(40)68)60-54-28-11-15-30(16-12-28)78(73,74)62-34-18-20-36(76-8)58-56-34/h9-24,53-54,65-66,69-70H,1-8H3,(H,55,61)(H,56,62)/b59-45+,60-46+. The van der Waals surface area contributed by atoms with E-state index in [1.54, 1.807) is 27.7 Å². The molecule has 2 aliphatic carbocycles. The number of sulfonamides is 2. The molecule has 0 radical (unpaired) electrons. The zero-order chi connectivity index (χ0) is 56.7. The topological polar surface area (TPSA) is 360 Å². The molecule has 0 fully saturated rings. The molecule has 0 spiro atoms. The van der Waals surface area contributed by atoms with E-state index >= 15 is 9.59 Å². The van der Waals surface area contributed by atoms with Crippen LogP contribution in [0.4, 0.5) is 23.0 Å². The number of rotatable bonds is 17. The van der Waals surface area contributed by atoms with E-state index in [0.717, 1.165) is 0 Å². The molecule has 0 bridgehead atoms. The molecule has 0 atom stereocenters. The van der Waals surface area contributed by atoms with Crippen molar-refractivity contribution in [2.75, 3.05) is 34.5 Å². The average Bonchev–Trinajstić information content (AvgIpc) is 3.58. The van der Waals surface area contributed by atoms with Crippen molar-refractivity contribution < 1.29 is 65.9 Å². The van der Waals surface area contributed by atoms with E-state index in [2.05, 4.69) is 50.9 Å². The first-order chi connectivity index (χ1) is 37.0. The lowest BCUT2D eigenvalue weighted by Gasteiger charge is -2.32. The molecular formula is C52H48N10O14S2. The van der Waals surface area contributed by atoms with Crippen molar-refractivity contribution in [3.05, 3.63) is 140 Å². The largest absolute Gasteiger partial charge is 0.504 e. The van der Waals surface area contributed by atoms with Crippen molar-refractivity contribution in [1.82, 2.24) is 20.4 Å². The number of carbonyl (C=O) groups excluding carboxylic acids is 4. The number of nitrogens with one attached hydrogen (secondary N) is 4. The highest BCUT2D eigenvalue weighted by molar-refractivity contribution is 7.93. The Morgan fingerprint density at radius 3 is 1.14 bits per heavy atom. The number of nitrogens with zero attached hydrogens (tertiary/aromatic N) is 6. The molecule has 0 saturated carbocycles. The normalized spacial score (nSPS) is 14.6. The SMILES string of the molecule is COc1ccc(NS(=O)(=O)c2ccc(N/N=C3\C(C)=C(C4=C(C)/C(=N\Nc5ccc(S(=O)(=O)Nc6ccc(OC)nn6)cc5)c5c(c(C=O)c(O)c(O)c5C(C)C)C4=O)C(=O)c4c(C=O)c(O)c(O)c(C(C)C)c43)cc2)nn1. The summed E-state index contributed by atoms with van der Waals surface area (Å²) in [6.45, 7) is 9.42. The van der Waals surface area contributed by atoms with Gasteiger partial charge in [0.15, 0.2) is 58.8 Å². The van der Waals surface area contributed by atoms with Crippen molar-refractivity contribution in [3.8, 4) is 34.8 Å². The number of ether oxygens (including phenoxy) is 2. The number of aldehydes is 2. The van der Waals surface area contributed by atoms with E-state index in [4.69, 9.17) is 9.47 Å². The first-order valence-electron chi connectivity index (χ1n) is 23.3. The smallest absolute Gasteiger partial charge is 0.263 e. The summed E-state index contributed by atoms with van der Waals surface area (Å²) in [5.74, 6) is -6.54. The number of ketones is 2. The van der Waals surface area contributed by atoms with E-state index in [0.29, 0.717) is 0 Å². The monoisotopic (exact) mass is 1100 g/mol. The molecule has 6 aromatic rings. The third-order valence-corrected chi connectivity index (χ3v) is 15.4. The molecule has 8 N–H and O–H groups in total. The van der Waals surface area contributed by atoms with Crippen LogP contribution in [0.15, 0.2) is 115 Å². The second-order valence-electron chi connectivity index (χ2n) is 18.1. The average molecular weight is 1100 g/mol. The number of aromatic hydroxyl groups is 4. The maximum atomic E-state index is 15.4. The highest BCUT2D eigenvalue weighted by Crippen LogP contribution is 2.50. The van der Waals surface area contributed by atoms with Gasteiger partial charge in [-0.05, 0) is 97.5 Å². The Labute approximate surface area is 445 Å². The van der Waals surface area contributed by atoms with Gasteiger partial charge in [-0.3, -0.25) is 39.5 Å². The predicted octanol–water partition coefficient (Wildman–Crippen LogP) is 6.94. The van der Waals surface area contributed by atoms with Crippen molar-refractivity contribution in [1.29, 1.82) is 0 Å². The number of hydrazone groups is 2. The van der Waals surface area contributed by atoms with E-state index in [-0.39, 0.29) is 102 Å². The molecule has 0 aliphatic heterocycles. The summed E-state index contributed by atoms with van der Waals surface area (Å²) in [5, 5.41) is 70.0. The van der Waals surface area contributed by atoms with Crippen LogP contribution in [-0.2, 0) is 20.0 Å². The fraction of sp³-hybridized carbons (Fsp3) is 0.192. The van der Waals surface area contributed by atoms with Crippen molar-refractivity contribution in [3.63, 3.8) is 0 Å². The third kappa shape index (κ3) is 9.79. The highest BCUT2D eigenvalue weighted by Gasteiger charge is 2.45. The molecule has 2 heterocycles. The molecule has 8 rings (SSSR count). The molecule has 78 heavy (non-hydrogen) atoms. The van der Waals surface area contributed by atoms with Gasteiger partial charge in [0.05, 0.1) is 57.9 Å². The molecule has 2 aliphatic rings. The second kappa shape index (κ2) is 21.2. The zero-order valence-corrected chi connectivity index (χ0v) is 44.2. The second-order valence-corrected chi connectivity index (χ2v) is 21.4. The number of hydrogen-bond donors (Lipinski definition) is 8. The fourth-order valence-corrected chi connectivity index (χ4v) is 10.9. The van der Waals surface area contributed by atoms with Crippen LogP contribution >= 0.6 is 0 Å². The molecule has 0 amide bonds. The lowest BCUT2D eigenvalue weighted by molar-refractivity contribution is 0.0989. The van der Waals surface area contributed by atoms with Crippen molar-refractivity contribution in [2.45, 2.75) is 63.2 Å². The van der Waals surface area contributed by atoms with Gasteiger partial charge in [-0.15, -0.1) is 20.4 Å². The van der Waals surface area contributed by atoms with Crippen LogP contribution in [0.3, 0.4) is 0 Å². The van der Waals surface area contributed by atoms with Gasteiger partial charge in [-0.1, -0.05) is 27.7 Å². The summed E-state index contributed by atoms with van der Waals surface area (Å²) >= 11 is 0. The van der Waals surface area contributed by atoms with Crippen LogP contribution in [0.2, 0.25) is 0 Å². The van der Waals surface area contributed by atoms with Gasteiger partial charge in [0, 0.05) is 56.7 Å². The Hall–Kier alpha value is -9.56. The molecule has 4 aromatic carbocycles. The van der Waals surface area contributed by atoms with Crippen LogP contribution in [0.5, 0.6) is 34.8 Å². The lowest BCUT2D eigenvalue weighted by Crippen LogP contribution is -2.33. The Morgan fingerprint density at radius 2 is 0.859 bits per heavy atom. The number of methoxy groups -OCH3 is 2. The van der Waals surface area contributed by atoms with E-state index in [9.17, 15) is 46.9 Å². The molecule has 402 valence electrons. The summed E-state index contributed by atoms with van der Waals surface area (Å²) in [4.78, 5) is 56.4. The van der Waals surface area contributed by atoms with Crippen LogP contribution in [-0.4, -0.2) is 107 Å². The van der Waals surface area contributed by atoms with Gasteiger partial charge in [0.25, 0.3) is 20.0 Å². The van der Waals surface area contributed by atoms with Crippen LogP contribution in [0.25, 0.3) is 0 Å². The number of hydrogen-bond acceptors (Lipinski definition) is 22. The Bertz CT molecular complexity index is 3610. The first-order valence-corrected chi connectivity index (χ1v) is 26.3. The van der Waals surface area contributed by atoms with E-state index in [1.807, 2.05) is 0 Å². The first kappa shape index (κ1) is 54.7. The molecular weight excluding hydrogens is 1050 g/mol. The quantitative estimate of drug-likeness (QED) is 0.0260. The number of phenolic OH excluding ortho intramolecular Hbond substituents is 4. The number of Topliss-reactive ketones (excluding diaryl/α,β-unsaturated/α-hetero) is 2. The van der Waals surface area contributed by atoms with Gasteiger partial charge in [-0.25, -0.2) is 16.8 Å². The molecule has 24 nitrogen and oxygen atoms in total. The zero-order valence-electron chi connectivity index (χ0n) is 42.6. The Morgan fingerprint density at radius 1 is 0.513 bits per heavy atom. The van der Waals surface area contributed by atoms with Gasteiger partial charge < -0.3 is 29.9 Å². The fourth-order valence-electron chi connectivity index (χ4n) is 8.94. The van der Waals surface area contributed by atoms with Crippen LogP contribution in [0.1, 0.15) is 117 Å². The lowest BCUT2D eigenvalue weighted by atomic mass is 9.70. The number of allylic oxidation sites excluding steroid dienone is 4. The summed E-state index contributed by atoms with van der Waals surface area (Å²) < 4.78 is 67.8.